The molecule has 0 amide bonds. The standard InChI is InChI=1S/C23H28F3N3O/c1-3-23(9-10-23)12-17-19(18-8-5-11-30-18)22(29-14(2)28-17)27-13-15-6-4-7-16(20(15)24)21(25)26/h4,6-7,18,21H,3,5,8-13H2,1-2H3,(H,27,28,29). The van der Waals surface area contributed by atoms with Crippen molar-refractivity contribution in [3.05, 3.63) is 52.2 Å². The molecule has 4 nitrogen and oxygen atoms in total. The molecule has 1 N–H and O–H groups in total. The SMILES string of the molecule is CCC1(Cc2nc(C)nc(NCc3cccc(C(F)F)c3F)c2C2CCCO2)CC1. The summed E-state index contributed by atoms with van der Waals surface area (Å²) < 4.78 is 46.5. The van der Waals surface area contributed by atoms with Crippen molar-refractivity contribution in [2.75, 3.05) is 11.9 Å². The summed E-state index contributed by atoms with van der Waals surface area (Å²) in [4.78, 5) is 9.34. The van der Waals surface area contributed by atoms with E-state index in [1.54, 1.807) is 0 Å². The summed E-state index contributed by atoms with van der Waals surface area (Å²) in [7, 11) is 0. The van der Waals surface area contributed by atoms with Gasteiger partial charge < -0.3 is 10.1 Å². The summed E-state index contributed by atoms with van der Waals surface area (Å²) in [5.41, 5.74) is 1.87. The van der Waals surface area contributed by atoms with E-state index in [1.807, 2.05) is 6.92 Å². The lowest BCUT2D eigenvalue weighted by molar-refractivity contribution is 0.111. The Morgan fingerprint density at radius 2 is 2.07 bits per heavy atom. The fourth-order valence-corrected chi connectivity index (χ4v) is 4.32. The molecule has 1 atom stereocenters. The maximum Gasteiger partial charge on any atom is 0.266 e. The number of rotatable bonds is 8. The molecular formula is C23H28F3N3O. The third-order valence-electron chi connectivity index (χ3n) is 6.43. The Morgan fingerprint density at radius 3 is 2.70 bits per heavy atom. The number of aromatic nitrogens is 2. The average molecular weight is 419 g/mol. The highest BCUT2D eigenvalue weighted by Crippen LogP contribution is 2.52. The van der Waals surface area contributed by atoms with Gasteiger partial charge in [-0.1, -0.05) is 31.5 Å². The molecule has 1 aromatic heterocycles. The molecule has 2 aliphatic rings. The molecule has 7 heteroatoms. The number of hydrogen-bond acceptors (Lipinski definition) is 4. The minimum atomic E-state index is -2.84. The highest BCUT2D eigenvalue weighted by atomic mass is 19.3. The van der Waals surface area contributed by atoms with Gasteiger partial charge in [0.15, 0.2) is 0 Å². The van der Waals surface area contributed by atoms with E-state index in [1.165, 1.54) is 25.0 Å². The molecule has 1 saturated heterocycles. The van der Waals surface area contributed by atoms with Crippen molar-refractivity contribution >= 4 is 5.82 Å². The molecule has 0 radical (unpaired) electrons. The van der Waals surface area contributed by atoms with Crippen LogP contribution in [-0.2, 0) is 17.7 Å². The zero-order chi connectivity index (χ0) is 21.3. The van der Waals surface area contributed by atoms with E-state index >= 15 is 0 Å². The van der Waals surface area contributed by atoms with Gasteiger partial charge in [-0.25, -0.2) is 23.1 Å². The number of alkyl halides is 2. The third kappa shape index (κ3) is 4.31. The van der Waals surface area contributed by atoms with Crippen LogP contribution in [0.4, 0.5) is 19.0 Å². The van der Waals surface area contributed by atoms with Crippen molar-refractivity contribution in [3.63, 3.8) is 0 Å². The van der Waals surface area contributed by atoms with E-state index in [-0.39, 0.29) is 18.2 Å². The van der Waals surface area contributed by atoms with Crippen LogP contribution >= 0.6 is 0 Å². The number of nitrogens with one attached hydrogen (secondary N) is 1. The predicted octanol–water partition coefficient (Wildman–Crippen LogP) is 6.06. The van der Waals surface area contributed by atoms with Crippen LogP contribution in [0.2, 0.25) is 0 Å². The van der Waals surface area contributed by atoms with Crippen LogP contribution in [-0.4, -0.2) is 16.6 Å². The van der Waals surface area contributed by atoms with Gasteiger partial charge in [0, 0.05) is 24.3 Å². The summed E-state index contributed by atoms with van der Waals surface area (Å²) >= 11 is 0. The van der Waals surface area contributed by atoms with Crippen LogP contribution in [0.1, 0.15) is 79.8 Å². The minimum absolute atomic E-state index is 0.0704. The second-order valence-corrected chi connectivity index (χ2v) is 8.49. The quantitative estimate of drug-likeness (QED) is 0.565. The average Bonchev–Trinajstić information content (AvgIpc) is 3.27. The largest absolute Gasteiger partial charge is 0.373 e. The fraction of sp³-hybridized carbons (Fsp3) is 0.565. The van der Waals surface area contributed by atoms with Crippen LogP contribution in [0.5, 0.6) is 0 Å². The Balaban J connectivity index is 1.65. The van der Waals surface area contributed by atoms with Gasteiger partial charge in [0.25, 0.3) is 6.43 Å². The maximum atomic E-state index is 14.5. The number of halogens is 3. The Kier molecular flexibility index (Phi) is 6.00. The van der Waals surface area contributed by atoms with Gasteiger partial charge in [0.2, 0.25) is 0 Å². The lowest BCUT2D eigenvalue weighted by Crippen LogP contribution is -2.17. The van der Waals surface area contributed by atoms with Crippen molar-refractivity contribution in [2.45, 2.75) is 71.4 Å². The van der Waals surface area contributed by atoms with E-state index in [0.29, 0.717) is 23.7 Å². The molecule has 30 heavy (non-hydrogen) atoms. The predicted molar refractivity (Wildman–Crippen MR) is 109 cm³/mol. The number of benzene rings is 1. The summed E-state index contributed by atoms with van der Waals surface area (Å²) in [5, 5.41) is 3.20. The topological polar surface area (TPSA) is 47.0 Å². The number of anilines is 1. The van der Waals surface area contributed by atoms with Gasteiger partial charge in [-0.15, -0.1) is 0 Å². The van der Waals surface area contributed by atoms with Crippen molar-refractivity contribution in [2.24, 2.45) is 5.41 Å². The van der Waals surface area contributed by atoms with E-state index < -0.39 is 17.8 Å². The van der Waals surface area contributed by atoms with Gasteiger partial charge in [-0.3, -0.25) is 0 Å². The van der Waals surface area contributed by atoms with Crippen molar-refractivity contribution < 1.29 is 17.9 Å². The normalized spacial score (nSPS) is 20.0. The highest BCUT2D eigenvalue weighted by molar-refractivity contribution is 5.50. The third-order valence-corrected chi connectivity index (χ3v) is 6.43. The van der Waals surface area contributed by atoms with Gasteiger partial charge >= 0.3 is 0 Å². The minimum Gasteiger partial charge on any atom is -0.373 e. The molecule has 1 saturated carbocycles. The monoisotopic (exact) mass is 419 g/mol. The Hall–Kier alpha value is -2.15. The van der Waals surface area contributed by atoms with Crippen LogP contribution in [0, 0.1) is 18.2 Å². The van der Waals surface area contributed by atoms with Crippen LogP contribution in [0.25, 0.3) is 0 Å². The van der Waals surface area contributed by atoms with E-state index in [0.717, 1.165) is 43.0 Å². The summed E-state index contributed by atoms with van der Waals surface area (Å²) in [6, 6.07) is 4.09. The molecule has 0 bridgehead atoms. The molecule has 2 heterocycles. The first-order valence-corrected chi connectivity index (χ1v) is 10.7. The highest BCUT2D eigenvalue weighted by Gasteiger charge is 2.42. The summed E-state index contributed by atoms with van der Waals surface area (Å²) in [6.07, 6.45) is 3.32. The van der Waals surface area contributed by atoms with Crippen LogP contribution < -0.4 is 5.32 Å². The van der Waals surface area contributed by atoms with E-state index in [2.05, 4.69) is 17.2 Å². The number of nitrogens with zero attached hydrogens (tertiary/aromatic N) is 2. The first-order valence-electron chi connectivity index (χ1n) is 10.7. The van der Waals surface area contributed by atoms with Gasteiger partial charge in [0.1, 0.15) is 17.5 Å². The molecule has 1 aliphatic carbocycles. The summed E-state index contributed by atoms with van der Waals surface area (Å²) in [5.74, 6) is 0.397. The van der Waals surface area contributed by atoms with Crippen molar-refractivity contribution in [3.8, 4) is 0 Å². The molecule has 1 aliphatic heterocycles. The molecule has 0 spiro atoms. The van der Waals surface area contributed by atoms with Crippen molar-refractivity contribution in [1.29, 1.82) is 0 Å². The molecule has 162 valence electrons. The summed E-state index contributed by atoms with van der Waals surface area (Å²) in [6.45, 7) is 4.82. The van der Waals surface area contributed by atoms with Gasteiger partial charge in [0.05, 0.1) is 17.4 Å². The Morgan fingerprint density at radius 1 is 1.27 bits per heavy atom. The first kappa shape index (κ1) is 21.1. The molecule has 4 rings (SSSR count). The van der Waals surface area contributed by atoms with Crippen LogP contribution in [0.3, 0.4) is 0 Å². The Bertz CT molecular complexity index is 909. The number of ether oxygens (including phenoxy) is 1. The second kappa shape index (κ2) is 8.53. The van der Waals surface area contributed by atoms with Crippen molar-refractivity contribution in [1.82, 2.24) is 9.97 Å². The zero-order valence-corrected chi connectivity index (χ0v) is 17.5. The zero-order valence-electron chi connectivity index (χ0n) is 17.5. The van der Waals surface area contributed by atoms with Gasteiger partial charge in [-0.2, -0.15) is 0 Å². The lowest BCUT2D eigenvalue weighted by Gasteiger charge is -2.22. The Labute approximate surface area is 175 Å². The second-order valence-electron chi connectivity index (χ2n) is 8.49. The smallest absolute Gasteiger partial charge is 0.266 e. The first-order chi connectivity index (χ1) is 14.4. The van der Waals surface area contributed by atoms with Gasteiger partial charge in [-0.05, 0) is 44.4 Å². The fourth-order valence-electron chi connectivity index (χ4n) is 4.32. The van der Waals surface area contributed by atoms with Crippen LogP contribution in [0.15, 0.2) is 18.2 Å². The number of aryl methyl sites for hydroxylation is 1. The van der Waals surface area contributed by atoms with E-state index in [4.69, 9.17) is 9.72 Å². The lowest BCUT2D eigenvalue weighted by atomic mass is 9.92. The van der Waals surface area contributed by atoms with E-state index in [9.17, 15) is 13.2 Å². The molecule has 2 fully saturated rings. The number of hydrogen-bond donors (Lipinski definition) is 1. The molecule has 2 aromatic rings. The maximum absolute atomic E-state index is 14.5. The molecule has 1 unspecified atom stereocenters. The molecular weight excluding hydrogens is 391 g/mol. The molecule has 1 aromatic carbocycles.